The minimum absolute atomic E-state index is 0.722. The SMILES string of the molecule is CC(C)SCc1cccc2c1CCN2. The molecule has 0 saturated heterocycles. The van der Waals surface area contributed by atoms with Crippen molar-refractivity contribution in [1.29, 1.82) is 0 Å². The van der Waals surface area contributed by atoms with Gasteiger partial charge in [0.1, 0.15) is 0 Å². The van der Waals surface area contributed by atoms with Crippen LogP contribution >= 0.6 is 11.8 Å². The van der Waals surface area contributed by atoms with E-state index in [-0.39, 0.29) is 0 Å². The molecule has 1 heterocycles. The van der Waals surface area contributed by atoms with E-state index < -0.39 is 0 Å². The fourth-order valence-corrected chi connectivity index (χ4v) is 2.59. The summed E-state index contributed by atoms with van der Waals surface area (Å²) in [6, 6.07) is 6.61. The third-order valence-corrected chi connectivity index (χ3v) is 3.68. The highest BCUT2D eigenvalue weighted by Crippen LogP contribution is 2.28. The summed E-state index contributed by atoms with van der Waals surface area (Å²) in [5, 5.41) is 4.14. The molecule has 0 spiro atoms. The van der Waals surface area contributed by atoms with Crippen molar-refractivity contribution in [2.45, 2.75) is 31.3 Å². The van der Waals surface area contributed by atoms with Gasteiger partial charge in [0.05, 0.1) is 0 Å². The van der Waals surface area contributed by atoms with Crippen molar-refractivity contribution in [3.63, 3.8) is 0 Å². The summed E-state index contributed by atoms with van der Waals surface area (Å²) in [4.78, 5) is 0. The van der Waals surface area contributed by atoms with Crippen LogP contribution in [0.15, 0.2) is 18.2 Å². The average Bonchev–Trinajstić information content (AvgIpc) is 2.62. The molecule has 0 saturated carbocycles. The number of hydrogen-bond acceptors (Lipinski definition) is 2. The molecule has 0 aliphatic carbocycles. The summed E-state index contributed by atoms with van der Waals surface area (Å²) < 4.78 is 0. The molecule has 0 radical (unpaired) electrons. The summed E-state index contributed by atoms with van der Waals surface area (Å²) in [5.74, 6) is 1.16. The van der Waals surface area contributed by atoms with Crippen LogP contribution in [0.5, 0.6) is 0 Å². The molecule has 0 aromatic heterocycles. The molecule has 1 aliphatic rings. The molecule has 1 N–H and O–H groups in total. The summed E-state index contributed by atoms with van der Waals surface area (Å²) in [5.41, 5.74) is 4.42. The van der Waals surface area contributed by atoms with Crippen LogP contribution in [0.3, 0.4) is 0 Å². The first-order valence-electron chi connectivity index (χ1n) is 5.23. The number of nitrogens with one attached hydrogen (secondary N) is 1. The summed E-state index contributed by atoms with van der Waals surface area (Å²) in [6.07, 6.45) is 1.20. The Morgan fingerprint density at radius 1 is 1.43 bits per heavy atom. The van der Waals surface area contributed by atoms with E-state index in [2.05, 4.69) is 37.4 Å². The molecule has 0 amide bonds. The molecule has 1 aromatic rings. The number of fused-ring (bicyclic) bond motifs is 1. The second-order valence-electron chi connectivity index (χ2n) is 3.98. The van der Waals surface area contributed by atoms with Crippen LogP contribution in [0, 0.1) is 0 Å². The second-order valence-corrected chi connectivity index (χ2v) is 5.54. The second kappa shape index (κ2) is 4.26. The standard InChI is InChI=1S/C12H17NS/c1-9(2)14-8-10-4-3-5-12-11(10)6-7-13-12/h3-5,9,13H,6-8H2,1-2H3. The van der Waals surface area contributed by atoms with E-state index in [9.17, 15) is 0 Å². The maximum Gasteiger partial charge on any atom is 0.0376 e. The lowest BCUT2D eigenvalue weighted by Gasteiger charge is -2.09. The van der Waals surface area contributed by atoms with E-state index >= 15 is 0 Å². The minimum atomic E-state index is 0.722. The van der Waals surface area contributed by atoms with Gasteiger partial charge >= 0.3 is 0 Å². The maximum atomic E-state index is 3.42. The lowest BCUT2D eigenvalue weighted by atomic mass is 10.1. The monoisotopic (exact) mass is 207 g/mol. The fraction of sp³-hybridized carbons (Fsp3) is 0.500. The Morgan fingerprint density at radius 3 is 3.07 bits per heavy atom. The van der Waals surface area contributed by atoms with Crippen molar-refractivity contribution in [2.75, 3.05) is 11.9 Å². The number of anilines is 1. The molecule has 76 valence electrons. The molecule has 0 bridgehead atoms. The molecular weight excluding hydrogens is 190 g/mol. The highest BCUT2D eigenvalue weighted by Gasteiger charge is 2.13. The van der Waals surface area contributed by atoms with Crippen molar-refractivity contribution < 1.29 is 0 Å². The van der Waals surface area contributed by atoms with Gasteiger partial charge in [0.15, 0.2) is 0 Å². The van der Waals surface area contributed by atoms with Gasteiger partial charge in [-0.05, 0) is 28.9 Å². The zero-order valence-electron chi connectivity index (χ0n) is 8.84. The van der Waals surface area contributed by atoms with Gasteiger partial charge in [0.25, 0.3) is 0 Å². The van der Waals surface area contributed by atoms with E-state index in [4.69, 9.17) is 0 Å². The molecule has 0 unspecified atom stereocenters. The Balaban J connectivity index is 2.14. The Hall–Kier alpha value is -0.630. The van der Waals surface area contributed by atoms with E-state index in [1.807, 2.05) is 11.8 Å². The van der Waals surface area contributed by atoms with Crippen LogP contribution in [-0.4, -0.2) is 11.8 Å². The first-order chi connectivity index (χ1) is 6.77. The van der Waals surface area contributed by atoms with Gasteiger partial charge in [-0.1, -0.05) is 26.0 Å². The summed E-state index contributed by atoms with van der Waals surface area (Å²) in [6.45, 7) is 5.62. The van der Waals surface area contributed by atoms with Crippen molar-refractivity contribution in [3.05, 3.63) is 29.3 Å². The zero-order chi connectivity index (χ0) is 9.97. The lowest BCUT2D eigenvalue weighted by molar-refractivity contribution is 1.08. The number of hydrogen-bond donors (Lipinski definition) is 1. The molecule has 1 aliphatic heterocycles. The highest BCUT2D eigenvalue weighted by molar-refractivity contribution is 7.99. The lowest BCUT2D eigenvalue weighted by Crippen LogP contribution is -1.93. The number of benzene rings is 1. The Kier molecular flexibility index (Phi) is 3.02. The van der Waals surface area contributed by atoms with Crippen LogP contribution in [0.25, 0.3) is 0 Å². The molecule has 0 fully saturated rings. The Bertz CT molecular complexity index is 320. The molecule has 1 aromatic carbocycles. The summed E-state index contributed by atoms with van der Waals surface area (Å²) in [7, 11) is 0. The average molecular weight is 207 g/mol. The van der Waals surface area contributed by atoms with Gasteiger partial charge < -0.3 is 5.32 Å². The molecule has 0 atom stereocenters. The molecule has 2 rings (SSSR count). The topological polar surface area (TPSA) is 12.0 Å². The zero-order valence-corrected chi connectivity index (χ0v) is 9.66. The molecule has 1 nitrogen and oxygen atoms in total. The van der Waals surface area contributed by atoms with Gasteiger partial charge in [-0.25, -0.2) is 0 Å². The predicted molar refractivity (Wildman–Crippen MR) is 65.1 cm³/mol. The third-order valence-electron chi connectivity index (χ3n) is 2.54. The first-order valence-corrected chi connectivity index (χ1v) is 6.28. The largest absolute Gasteiger partial charge is 0.384 e. The highest BCUT2D eigenvalue weighted by atomic mass is 32.2. The minimum Gasteiger partial charge on any atom is -0.384 e. The molecular formula is C12H17NS. The fourth-order valence-electron chi connectivity index (χ4n) is 1.81. The first kappa shape index (κ1) is 9.91. The van der Waals surface area contributed by atoms with Gasteiger partial charge in [-0.15, -0.1) is 0 Å². The number of thioether (sulfide) groups is 1. The Morgan fingerprint density at radius 2 is 2.29 bits per heavy atom. The van der Waals surface area contributed by atoms with E-state index in [1.165, 1.54) is 17.7 Å². The normalized spacial score (nSPS) is 14.2. The van der Waals surface area contributed by atoms with Crippen molar-refractivity contribution in [1.82, 2.24) is 0 Å². The Labute approximate surface area is 90.3 Å². The van der Waals surface area contributed by atoms with Crippen molar-refractivity contribution >= 4 is 17.4 Å². The van der Waals surface area contributed by atoms with Gasteiger partial charge in [-0.3, -0.25) is 0 Å². The van der Waals surface area contributed by atoms with Crippen LogP contribution < -0.4 is 5.32 Å². The van der Waals surface area contributed by atoms with Crippen LogP contribution in [0.1, 0.15) is 25.0 Å². The smallest absolute Gasteiger partial charge is 0.0376 e. The maximum absolute atomic E-state index is 3.42. The number of rotatable bonds is 3. The van der Waals surface area contributed by atoms with E-state index in [0.29, 0.717) is 0 Å². The van der Waals surface area contributed by atoms with Gasteiger partial charge in [0.2, 0.25) is 0 Å². The van der Waals surface area contributed by atoms with Crippen LogP contribution in [0.2, 0.25) is 0 Å². The van der Waals surface area contributed by atoms with Gasteiger partial charge in [-0.2, -0.15) is 11.8 Å². The molecule has 2 heteroatoms. The van der Waals surface area contributed by atoms with E-state index in [1.54, 1.807) is 5.56 Å². The van der Waals surface area contributed by atoms with Crippen molar-refractivity contribution in [2.24, 2.45) is 0 Å². The van der Waals surface area contributed by atoms with E-state index in [0.717, 1.165) is 17.5 Å². The summed E-state index contributed by atoms with van der Waals surface area (Å²) >= 11 is 2.02. The molecule has 14 heavy (non-hydrogen) atoms. The van der Waals surface area contributed by atoms with Crippen molar-refractivity contribution in [3.8, 4) is 0 Å². The quantitative estimate of drug-likeness (QED) is 0.816. The van der Waals surface area contributed by atoms with Crippen LogP contribution in [-0.2, 0) is 12.2 Å². The third kappa shape index (κ3) is 2.06. The van der Waals surface area contributed by atoms with Crippen LogP contribution in [0.4, 0.5) is 5.69 Å². The predicted octanol–water partition coefficient (Wildman–Crippen LogP) is 3.30. The van der Waals surface area contributed by atoms with Gasteiger partial charge in [0, 0.05) is 18.0 Å².